The third-order valence-corrected chi connectivity index (χ3v) is 3.25. The number of nitrogens with one attached hydrogen (secondary N) is 1. The Balaban J connectivity index is 2.14. The zero-order valence-electron chi connectivity index (χ0n) is 10.8. The Morgan fingerprint density at radius 3 is 3.05 bits per heavy atom. The first-order valence-electron chi connectivity index (χ1n) is 5.86. The third-order valence-electron chi connectivity index (χ3n) is 2.59. The Morgan fingerprint density at radius 2 is 2.35 bits per heavy atom. The van der Waals surface area contributed by atoms with Crippen LogP contribution in [0, 0.1) is 0 Å². The number of halogens is 1. The molecule has 8 heteroatoms. The highest BCUT2D eigenvalue weighted by Crippen LogP contribution is 2.26. The third kappa shape index (κ3) is 3.34. The zero-order chi connectivity index (χ0) is 14.5. The molecule has 0 aliphatic carbocycles. The molecule has 3 N–H and O–H groups in total. The Kier molecular flexibility index (Phi) is 4.70. The monoisotopic (exact) mass is 339 g/mol. The Labute approximate surface area is 124 Å². The second-order valence-electron chi connectivity index (χ2n) is 3.95. The highest BCUT2D eigenvalue weighted by atomic mass is 79.9. The largest absolute Gasteiger partial charge is 0.495 e. The summed E-state index contributed by atoms with van der Waals surface area (Å²) in [7, 11) is 1.60. The van der Waals surface area contributed by atoms with Crippen LogP contribution in [0.2, 0.25) is 0 Å². The minimum absolute atomic E-state index is 0.0436. The van der Waals surface area contributed by atoms with Crippen molar-refractivity contribution < 1.29 is 9.53 Å². The van der Waals surface area contributed by atoms with Gasteiger partial charge in [-0.2, -0.15) is 0 Å². The molecular weight excluding hydrogens is 326 g/mol. The molecule has 0 aliphatic rings. The van der Waals surface area contributed by atoms with Crippen molar-refractivity contribution >= 4 is 21.8 Å². The first-order valence-corrected chi connectivity index (χ1v) is 6.65. The minimum atomic E-state index is -0.232. The number of carbonyl (C=O) groups is 1. The van der Waals surface area contributed by atoms with Crippen LogP contribution in [0.4, 0.5) is 0 Å². The summed E-state index contributed by atoms with van der Waals surface area (Å²) in [5, 5.41) is 10.6. The van der Waals surface area contributed by atoms with Crippen LogP contribution < -0.4 is 15.8 Å². The van der Waals surface area contributed by atoms with Crippen molar-refractivity contribution in [1.82, 2.24) is 20.3 Å². The van der Waals surface area contributed by atoms with Gasteiger partial charge in [0.05, 0.1) is 36.6 Å². The molecule has 0 fully saturated rings. The molecule has 0 bridgehead atoms. The average Bonchev–Trinajstić information content (AvgIpc) is 2.94. The maximum atomic E-state index is 11.1. The van der Waals surface area contributed by atoms with Crippen LogP contribution in [0.5, 0.6) is 5.75 Å². The fraction of sp³-hybridized carbons (Fsp3) is 0.250. The molecule has 0 spiro atoms. The van der Waals surface area contributed by atoms with E-state index in [-0.39, 0.29) is 12.5 Å². The van der Waals surface area contributed by atoms with Crippen molar-refractivity contribution in [3.63, 3.8) is 0 Å². The van der Waals surface area contributed by atoms with E-state index in [4.69, 9.17) is 10.5 Å². The second-order valence-corrected chi connectivity index (χ2v) is 4.81. The first-order chi connectivity index (χ1) is 9.63. The molecule has 0 unspecified atom stereocenters. The van der Waals surface area contributed by atoms with Crippen LogP contribution in [0.3, 0.4) is 0 Å². The lowest BCUT2D eigenvalue weighted by Crippen LogP contribution is -2.29. The summed E-state index contributed by atoms with van der Waals surface area (Å²) < 4.78 is 7.70. The molecule has 2 aromatic rings. The summed E-state index contributed by atoms with van der Waals surface area (Å²) in [6.45, 7) is 0.252. The number of amides is 1. The van der Waals surface area contributed by atoms with Crippen LogP contribution in [-0.2, 0) is 11.3 Å². The number of carbonyl (C=O) groups excluding carboxylic acids is 1. The molecule has 0 saturated carbocycles. The van der Waals surface area contributed by atoms with Crippen LogP contribution in [-0.4, -0.2) is 34.6 Å². The number of nitrogens with two attached hydrogens (primary N) is 1. The Bertz CT molecular complexity index is 614. The molecule has 0 saturated heterocycles. The molecule has 7 nitrogen and oxygen atoms in total. The normalized spacial score (nSPS) is 10.3. The zero-order valence-corrected chi connectivity index (χ0v) is 12.4. The van der Waals surface area contributed by atoms with Crippen molar-refractivity contribution in [2.24, 2.45) is 5.73 Å². The fourth-order valence-corrected chi connectivity index (χ4v) is 1.97. The molecule has 0 radical (unpaired) electrons. The van der Waals surface area contributed by atoms with Gasteiger partial charge in [-0.15, -0.1) is 5.10 Å². The molecule has 1 amide bonds. The molecule has 20 heavy (non-hydrogen) atoms. The van der Waals surface area contributed by atoms with Crippen LogP contribution in [0.1, 0.15) is 5.69 Å². The van der Waals surface area contributed by atoms with Gasteiger partial charge in [0.1, 0.15) is 11.4 Å². The summed E-state index contributed by atoms with van der Waals surface area (Å²) >= 11 is 3.39. The van der Waals surface area contributed by atoms with Crippen LogP contribution in [0.15, 0.2) is 28.9 Å². The standard InChI is InChI=1S/C12H14BrN5O2/c1-20-11-4-9(2-3-10(11)13)18-7-8(16-17-18)6-15-12(19)5-14/h2-4,7H,5-6,14H2,1H3,(H,15,19). The van der Waals surface area contributed by atoms with Gasteiger partial charge in [-0.25, -0.2) is 4.68 Å². The van der Waals surface area contributed by atoms with Crippen LogP contribution >= 0.6 is 15.9 Å². The molecule has 1 aromatic heterocycles. The number of ether oxygens (including phenoxy) is 1. The Hall–Kier alpha value is -1.93. The lowest BCUT2D eigenvalue weighted by Gasteiger charge is -2.05. The predicted octanol–water partition coefficient (Wildman–Crippen LogP) is 0.613. The summed E-state index contributed by atoms with van der Waals surface area (Å²) in [5.74, 6) is 0.473. The van der Waals surface area contributed by atoms with Crippen molar-refractivity contribution in [2.75, 3.05) is 13.7 Å². The van der Waals surface area contributed by atoms with E-state index in [1.165, 1.54) is 0 Å². The molecule has 106 valence electrons. The number of rotatable bonds is 5. The molecular formula is C12H14BrN5O2. The average molecular weight is 340 g/mol. The summed E-state index contributed by atoms with van der Waals surface area (Å²) in [4.78, 5) is 11.1. The van der Waals surface area contributed by atoms with E-state index < -0.39 is 0 Å². The smallest absolute Gasteiger partial charge is 0.234 e. The van der Waals surface area contributed by atoms with Crippen molar-refractivity contribution in [3.05, 3.63) is 34.6 Å². The molecule has 1 heterocycles. The van der Waals surface area contributed by atoms with Gasteiger partial charge in [0.15, 0.2) is 0 Å². The number of hydrogen-bond donors (Lipinski definition) is 2. The second kappa shape index (κ2) is 6.49. The van der Waals surface area contributed by atoms with Gasteiger partial charge in [0, 0.05) is 6.07 Å². The molecule has 2 rings (SSSR count). The van der Waals surface area contributed by atoms with Gasteiger partial charge in [0.2, 0.25) is 5.91 Å². The maximum absolute atomic E-state index is 11.1. The highest BCUT2D eigenvalue weighted by molar-refractivity contribution is 9.10. The van der Waals surface area contributed by atoms with Crippen molar-refractivity contribution in [3.8, 4) is 11.4 Å². The number of methoxy groups -OCH3 is 1. The van der Waals surface area contributed by atoms with Gasteiger partial charge in [-0.3, -0.25) is 4.79 Å². The number of nitrogens with zero attached hydrogens (tertiary/aromatic N) is 3. The summed E-state index contributed by atoms with van der Waals surface area (Å²) in [6, 6.07) is 5.58. The number of benzene rings is 1. The van der Waals surface area contributed by atoms with E-state index in [1.54, 1.807) is 18.0 Å². The van der Waals surface area contributed by atoms with Crippen molar-refractivity contribution in [1.29, 1.82) is 0 Å². The fourth-order valence-electron chi connectivity index (χ4n) is 1.56. The minimum Gasteiger partial charge on any atom is -0.495 e. The van der Waals surface area contributed by atoms with E-state index in [1.807, 2.05) is 18.2 Å². The molecule has 1 aromatic carbocycles. The van der Waals surface area contributed by atoms with Gasteiger partial charge in [-0.1, -0.05) is 5.21 Å². The number of aromatic nitrogens is 3. The van der Waals surface area contributed by atoms with E-state index in [0.29, 0.717) is 18.0 Å². The lowest BCUT2D eigenvalue weighted by molar-refractivity contribution is -0.119. The lowest BCUT2D eigenvalue weighted by atomic mass is 10.3. The van der Waals surface area contributed by atoms with E-state index in [2.05, 4.69) is 31.6 Å². The summed E-state index contributed by atoms with van der Waals surface area (Å²) in [6.07, 6.45) is 1.74. The van der Waals surface area contributed by atoms with E-state index in [0.717, 1.165) is 10.2 Å². The quantitative estimate of drug-likeness (QED) is 0.832. The van der Waals surface area contributed by atoms with Gasteiger partial charge < -0.3 is 15.8 Å². The maximum Gasteiger partial charge on any atom is 0.234 e. The highest BCUT2D eigenvalue weighted by Gasteiger charge is 2.07. The van der Waals surface area contributed by atoms with Gasteiger partial charge >= 0.3 is 0 Å². The first kappa shape index (κ1) is 14.5. The topological polar surface area (TPSA) is 95.1 Å². The van der Waals surface area contributed by atoms with Crippen LogP contribution in [0.25, 0.3) is 5.69 Å². The SMILES string of the molecule is COc1cc(-n2cc(CNC(=O)CN)nn2)ccc1Br. The van der Waals surface area contributed by atoms with E-state index in [9.17, 15) is 4.79 Å². The van der Waals surface area contributed by atoms with Gasteiger partial charge in [-0.05, 0) is 28.1 Å². The predicted molar refractivity (Wildman–Crippen MR) is 76.5 cm³/mol. The Morgan fingerprint density at radius 1 is 1.55 bits per heavy atom. The molecule has 0 atom stereocenters. The summed E-state index contributed by atoms with van der Waals surface area (Å²) in [5.41, 5.74) is 6.67. The molecule has 0 aliphatic heterocycles. The number of hydrogen-bond acceptors (Lipinski definition) is 5. The van der Waals surface area contributed by atoms with Crippen molar-refractivity contribution in [2.45, 2.75) is 6.54 Å². The van der Waals surface area contributed by atoms with E-state index >= 15 is 0 Å². The van der Waals surface area contributed by atoms with Gasteiger partial charge in [0.25, 0.3) is 0 Å².